The minimum atomic E-state index is 0.640. The molecule has 106 valence electrons. The number of thiophene rings is 1. The lowest BCUT2D eigenvalue weighted by atomic mass is 10.2. The topological polar surface area (TPSA) is 36.4 Å². The Bertz CT molecular complexity index is 425. The maximum Gasteiger partial charge on any atom is 0.191 e. The lowest BCUT2D eigenvalue weighted by Gasteiger charge is -2.10. The van der Waals surface area contributed by atoms with Crippen molar-refractivity contribution in [3.05, 3.63) is 21.9 Å². The second-order valence-corrected chi connectivity index (χ2v) is 6.44. The molecule has 0 aromatic carbocycles. The Morgan fingerprint density at radius 2 is 2.16 bits per heavy atom. The van der Waals surface area contributed by atoms with Crippen LogP contribution in [-0.2, 0) is 13.0 Å². The first-order valence-corrected chi connectivity index (χ1v) is 8.13. The summed E-state index contributed by atoms with van der Waals surface area (Å²) in [5, 5.41) is 6.92. The molecule has 1 aromatic rings. The Kier molecular flexibility index (Phi) is 5.25. The van der Waals surface area contributed by atoms with Crippen molar-refractivity contribution in [2.24, 2.45) is 10.9 Å². The molecule has 0 bridgehead atoms. The number of nitrogens with zero attached hydrogens (tertiary/aromatic N) is 1. The maximum absolute atomic E-state index is 4.30. The van der Waals surface area contributed by atoms with Crippen LogP contribution in [0.2, 0.25) is 0 Å². The average Bonchev–Trinajstić information content (AvgIpc) is 2.99. The van der Waals surface area contributed by atoms with Crippen LogP contribution < -0.4 is 10.6 Å². The highest BCUT2D eigenvalue weighted by Gasteiger charge is 2.36. The van der Waals surface area contributed by atoms with Crippen LogP contribution in [0.1, 0.15) is 42.9 Å². The summed E-state index contributed by atoms with van der Waals surface area (Å²) >= 11 is 1.88. The van der Waals surface area contributed by atoms with E-state index in [1.165, 1.54) is 29.0 Å². The fraction of sp³-hybridized carbons (Fsp3) is 0.667. The third-order valence-corrected chi connectivity index (χ3v) is 4.85. The van der Waals surface area contributed by atoms with Gasteiger partial charge in [-0.25, -0.2) is 0 Å². The summed E-state index contributed by atoms with van der Waals surface area (Å²) in [5.41, 5.74) is 0. The molecule has 19 heavy (non-hydrogen) atoms. The molecule has 2 N–H and O–H groups in total. The smallest absolute Gasteiger partial charge is 0.191 e. The Labute approximate surface area is 120 Å². The van der Waals surface area contributed by atoms with E-state index in [-0.39, 0.29) is 0 Å². The first kappa shape index (κ1) is 14.4. The monoisotopic (exact) mass is 279 g/mol. The van der Waals surface area contributed by atoms with Gasteiger partial charge in [0.05, 0.1) is 6.54 Å². The van der Waals surface area contributed by atoms with Gasteiger partial charge in [-0.3, -0.25) is 4.99 Å². The lowest BCUT2D eigenvalue weighted by Crippen LogP contribution is -2.38. The van der Waals surface area contributed by atoms with E-state index >= 15 is 0 Å². The standard InChI is InChI=1S/C15H25N3S/c1-4-6-11-9-14(11)18-15(16-3)17-10-13-8-7-12(5-2)19-13/h7-8,11,14H,4-6,9-10H2,1-3H3,(H2,16,17,18). The third kappa shape index (κ3) is 4.23. The van der Waals surface area contributed by atoms with E-state index in [1.54, 1.807) is 0 Å². The number of nitrogens with one attached hydrogen (secondary N) is 2. The van der Waals surface area contributed by atoms with Crippen molar-refractivity contribution in [1.29, 1.82) is 0 Å². The summed E-state index contributed by atoms with van der Waals surface area (Å²) in [4.78, 5) is 7.13. The summed E-state index contributed by atoms with van der Waals surface area (Å²) < 4.78 is 0. The van der Waals surface area contributed by atoms with E-state index in [0.717, 1.165) is 24.8 Å². The molecule has 0 spiro atoms. The molecule has 3 nitrogen and oxygen atoms in total. The molecule has 1 aliphatic carbocycles. The predicted molar refractivity (Wildman–Crippen MR) is 83.8 cm³/mol. The number of hydrogen-bond donors (Lipinski definition) is 2. The molecule has 1 saturated carbocycles. The van der Waals surface area contributed by atoms with Crippen LogP contribution in [-0.4, -0.2) is 19.0 Å². The Morgan fingerprint density at radius 3 is 2.79 bits per heavy atom. The highest BCUT2D eigenvalue weighted by Crippen LogP contribution is 2.34. The highest BCUT2D eigenvalue weighted by atomic mass is 32.1. The summed E-state index contributed by atoms with van der Waals surface area (Å²) in [6.07, 6.45) is 5.04. The maximum atomic E-state index is 4.30. The van der Waals surface area contributed by atoms with E-state index in [4.69, 9.17) is 0 Å². The van der Waals surface area contributed by atoms with E-state index in [0.29, 0.717) is 6.04 Å². The normalized spacial score (nSPS) is 22.4. The van der Waals surface area contributed by atoms with Gasteiger partial charge < -0.3 is 10.6 Å². The van der Waals surface area contributed by atoms with Crippen molar-refractivity contribution < 1.29 is 0 Å². The van der Waals surface area contributed by atoms with Crippen LogP contribution in [0.5, 0.6) is 0 Å². The lowest BCUT2D eigenvalue weighted by molar-refractivity contribution is 0.655. The van der Waals surface area contributed by atoms with Crippen LogP contribution in [0.25, 0.3) is 0 Å². The first-order chi connectivity index (χ1) is 9.26. The molecule has 1 heterocycles. The van der Waals surface area contributed by atoms with Crippen molar-refractivity contribution in [2.75, 3.05) is 7.05 Å². The Morgan fingerprint density at radius 1 is 1.37 bits per heavy atom. The summed E-state index contributed by atoms with van der Waals surface area (Å²) in [6.45, 7) is 5.32. The summed E-state index contributed by atoms with van der Waals surface area (Å²) in [6, 6.07) is 5.07. The predicted octanol–water partition coefficient (Wildman–Crippen LogP) is 3.16. The minimum Gasteiger partial charge on any atom is -0.353 e. The molecule has 4 heteroatoms. The Balaban J connectivity index is 1.74. The zero-order valence-electron chi connectivity index (χ0n) is 12.2. The molecule has 0 saturated heterocycles. The van der Waals surface area contributed by atoms with Gasteiger partial charge in [-0.15, -0.1) is 11.3 Å². The van der Waals surface area contributed by atoms with E-state index < -0.39 is 0 Å². The van der Waals surface area contributed by atoms with Gasteiger partial charge in [-0.05, 0) is 37.3 Å². The molecule has 2 atom stereocenters. The molecular formula is C15H25N3S. The number of aryl methyl sites for hydroxylation is 1. The molecule has 2 unspecified atom stereocenters. The van der Waals surface area contributed by atoms with Gasteiger partial charge in [0.2, 0.25) is 0 Å². The number of hydrogen-bond acceptors (Lipinski definition) is 2. The number of aliphatic imine (C=N–C) groups is 1. The van der Waals surface area contributed by atoms with E-state index in [2.05, 4.69) is 41.6 Å². The number of guanidine groups is 1. The van der Waals surface area contributed by atoms with Crippen LogP contribution in [0.15, 0.2) is 17.1 Å². The first-order valence-electron chi connectivity index (χ1n) is 7.31. The van der Waals surface area contributed by atoms with Crippen LogP contribution >= 0.6 is 11.3 Å². The molecule has 1 fully saturated rings. The number of rotatable bonds is 6. The fourth-order valence-corrected chi connectivity index (χ4v) is 3.26. The fourth-order valence-electron chi connectivity index (χ4n) is 2.36. The third-order valence-electron chi connectivity index (χ3n) is 3.62. The van der Waals surface area contributed by atoms with Gasteiger partial charge in [0.25, 0.3) is 0 Å². The molecular weight excluding hydrogens is 254 g/mol. The zero-order valence-corrected chi connectivity index (χ0v) is 13.0. The highest BCUT2D eigenvalue weighted by molar-refractivity contribution is 7.11. The quantitative estimate of drug-likeness (QED) is 0.620. The van der Waals surface area contributed by atoms with Crippen LogP contribution in [0.4, 0.5) is 0 Å². The van der Waals surface area contributed by atoms with Crippen LogP contribution in [0, 0.1) is 5.92 Å². The molecule has 0 amide bonds. The van der Waals surface area contributed by atoms with Gasteiger partial charge in [0, 0.05) is 22.8 Å². The minimum absolute atomic E-state index is 0.640. The van der Waals surface area contributed by atoms with Crippen molar-refractivity contribution >= 4 is 17.3 Å². The van der Waals surface area contributed by atoms with Crippen LogP contribution in [0.3, 0.4) is 0 Å². The summed E-state index contributed by atoms with van der Waals surface area (Å²) in [7, 11) is 1.85. The van der Waals surface area contributed by atoms with Gasteiger partial charge in [-0.1, -0.05) is 20.3 Å². The SMILES string of the molecule is CCCC1CC1NC(=NC)NCc1ccc(CC)s1. The van der Waals surface area contributed by atoms with Gasteiger partial charge in [0.15, 0.2) is 5.96 Å². The van der Waals surface area contributed by atoms with Gasteiger partial charge >= 0.3 is 0 Å². The average molecular weight is 279 g/mol. The van der Waals surface area contributed by atoms with Gasteiger partial charge in [-0.2, -0.15) is 0 Å². The molecule has 0 aliphatic heterocycles. The molecule has 1 aromatic heterocycles. The summed E-state index contributed by atoms with van der Waals surface area (Å²) in [5.74, 6) is 1.80. The molecule has 2 rings (SSSR count). The van der Waals surface area contributed by atoms with Crippen molar-refractivity contribution in [3.8, 4) is 0 Å². The molecule has 1 aliphatic rings. The van der Waals surface area contributed by atoms with Crippen molar-refractivity contribution in [2.45, 2.75) is 52.1 Å². The molecule has 0 radical (unpaired) electrons. The largest absolute Gasteiger partial charge is 0.353 e. The van der Waals surface area contributed by atoms with E-state index in [9.17, 15) is 0 Å². The van der Waals surface area contributed by atoms with E-state index in [1.807, 2.05) is 18.4 Å². The van der Waals surface area contributed by atoms with Crippen molar-refractivity contribution in [3.63, 3.8) is 0 Å². The second-order valence-electron chi connectivity index (χ2n) is 5.18. The Hall–Kier alpha value is -1.03. The van der Waals surface area contributed by atoms with Crippen molar-refractivity contribution in [1.82, 2.24) is 10.6 Å². The van der Waals surface area contributed by atoms with Gasteiger partial charge in [0.1, 0.15) is 0 Å². The zero-order chi connectivity index (χ0) is 13.7. The second kappa shape index (κ2) is 6.94.